The highest BCUT2D eigenvalue weighted by Crippen LogP contribution is 2.49. The van der Waals surface area contributed by atoms with Crippen molar-refractivity contribution in [3.63, 3.8) is 0 Å². The average molecular weight is 226 g/mol. The van der Waals surface area contributed by atoms with Gasteiger partial charge in [0.1, 0.15) is 5.60 Å². The van der Waals surface area contributed by atoms with Crippen LogP contribution in [0.5, 0.6) is 0 Å². The lowest BCUT2D eigenvalue weighted by Crippen LogP contribution is -2.49. The molecule has 0 radical (unpaired) electrons. The molecule has 0 spiro atoms. The summed E-state index contributed by atoms with van der Waals surface area (Å²) in [6.45, 7) is 8.13. The molecule has 94 valence electrons. The fourth-order valence-corrected chi connectivity index (χ4v) is 3.43. The van der Waals surface area contributed by atoms with Gasteiger partial charge in [-0.25, -0.2) is 0 Å². The first-order valence-corrected chi connectivity index (χ1v) is 6.69. The number of ether oxygens (including phenoxy) is 1. The molecule has 0 atom stereocenters. The van der Waals surface area contributed by atoms with Crippen LogP contribution in [-0.2, 0) is 9.53 Å². The van der Waals surface area contributed by atoms with Crippen LogP contribution in [-0.4, -0.2) is 11.6 Å². The molecule has 0 unspecified atom stereocenters. The van der Waals surface area contributed by atoms with Crippen molar-refractivity contribution in [2.75, 3.05) is 0 Å². The van der Waals surface area contributed by atoms with E-state index in [1.807, 2.05) is 0 Å². The molecule has 1 fully saturated rings. The van der Waals surface area contributed by atoms with Gasteiger partial charge >= 0.3 is 5.97 Å². The monoisotopic (exact) mass is 226 g/mol. The molecule has 0 heterocycles. The molecule has 16 heavy (non-hydrogen) atoms. The molecular formula is C14H26O2. The second kappa shape index (κ2) is 5.20. The Hall–Kier alpha value is -0.530. The normalized spacial score (nSPS) is 20.5. The SMILES string of the molecule is CCC(CC)(OC(C)=O)C1(C)CCCCC1. The first-order valence-electron chi connectivity index (χ1n) is 6.69. The van der Waals surface area contributed by atoms with Crippen LogP contribution in [0.3, 0.4) is 0 Å². The van der Waals surface area contributed by atoms with Gasteiger partial charge in [0.2, 0.25) is 0 Å². The topological polar surface area (TPSA) is 26.3 Å². The third kappa shape index (κ3) is 2.41. The van der Waals surface area contributed by atoms with Gasteiger partial charge in [0.05, 0.1) is 0 Å². The molecule has 2 heteroatoms. The summed E-state index contributed by atoms with van der Waals surface area (Å²) in [6.07, 6.45) is 8.14. The van der Waals surface area contributed by atoms with Crippen LogP contribution in [0.2, 0.25) is 0 Å². The van der Waals surface area contributed by atoms with Crippen LogP contribution in [0.1, 0.15) is 72.6 Å². The molecule has 1 aliphatic carbocycles. The molecular weight excluding hydrogens is 200 g/mol. The number of carbonyl (C=O) groups excluding carboxylic acids is 1. The van der Waals surface area contributed by atoms with Gasteiger partial charge in [0, 0.05) is 12.3 Å². The quantitative estimate of drug-likeness (QED) is 0.675. The predicted molar refractivity (Wildman–Crippen MR) is 66.3 cm³/mol. The Kier molecular flexibility index (Phi) is 4.40. The van der Waals surface area contributed by atoms with Crippen molar-refractivity contribution in [2.45, 2.75) is 78.2 Å². The van der Waals surface area contributed by atoms with E-state index in [1.54, 1.807) is 0 Å². The minimum absolute atomic E-state index is 0.129. The van der Waals surface area contributed by atoms with Crippen molar-refractivity contribution in [3.05, 3.63) is 0 Å². The van der Waals surface area contributed by atoms with Crippen LogP contribution in [0, 0.1) is 5.41 Å². The van der Waals surface area contributed by atoms with Crippen LogP contribution in [0.25, 0.3) is 0 Å². The molecule has 0 aromatic rings. The molecule has 0 N–H and O–H groups in total. The summed E-state index contributed by atoms with van der Waals surface area (Å²) in [4.78, 5) is 11.3. The highest BCUT2D eigenvalue weighted by atomic mass is 16.6. The number of hydrogen-bond donors (Lipinski definition) is 0. The smallest absolute Gasteiger partial charge is 0.303 e. The molecule has 2 nitrogen and oxygen atoms in total. The lowest BCUT2D eigenvalue weighted by molar-refractivity contribution is -0.180. The maximum absolute atomic E-state index is 11.3. The summed E-state index contributed by atoms with van der Waals surface area (Å²) in [5, 5.41) is 0. The predicted octanol–water partition coefficient (Wildman–Crippen LogP) is 4.08. The van der Waals surface area contributed by atoms with E-state index >= 15 is 0 Å². The van der Waals surface area contributed by atoms with Crippen molar-refractivity contribution >= 4 is 5.97 Å². The Bertz CT molecular complexity index is 235. The third-order valence-electron chi connectivity index (χ3n) is 4.54. The summed E-state index contributed by atoms with van der Waals surface area (Å²) in [6, 6.07) is 0. The van der Waals surface area contributed by atoms with Crippen LogP contribution >= 0.6 is 0 Å². The molecule has 0 aromatic carbocycles. The van der Waals surface area contributed by atoms with E-state index in [9.17, 15) is 4.79 Å². The first kappa shape index (κ1) is 13.5. The number of hydrogen-bond acceptors (Lipinski definition) is 2. The molecule has 0 amide bonds. The van der Waals surface area contributed by atoms with Gasteiger partial charge in [-0.3, -0.25) is 4.79 Å². The average Bonchev–Trinajstić information content (AvgIpc) is 2.26. The largest absolute Gasteiger partial charge is 0.459 e. The third-order valence-corrected chi connectivity index (χ3v) is 4.54. The zero-order valence-electron chi connectivity index (χ0n) is 11.3. The zero-order valence-corrected chi connectivity index (χ0v) is 11.3. The molecule has 1 rings (SSSR count). The van der Waals surface area contributed by atoms with E-state index in [2.05, 4.69) is 20.8 Å². The summed E-state index contributed by atoms with van der Waals surface area (Å²) < 4.78 is 5.74. The number of esters is 1. The van der Waals surface area contributed by atoms with Crippen LogP contribution in [0.15, 0.2) is 0 Å². The van der Waals surface area contributed by atoms with E-state index in [1.165, 1.54) is 39.0 Å². The van der Waals surface area contributed by atoms with Crippen molar-refractivity contribution in [1.29, 1.82) is 0 Å². The van der Waals surface area contributed by atoms with Crippen LogP contribution in [0.4, 0.5) is 0 Å². The first-order chi connectivity index (χ1) is 7.49. The lowest BCUT2D eigenvalue weighted by Gasteiger charge is -2.49. The van der Waals surface area contributed by atoms with E-state index in [0.717, 1.165) is 12.8 Å². The Morgan fingerprint density at radius 3 is 2.06 bits per heavy atom. The van der Waals surface area contributed by atoms with Gasteiger partial charge < -0.3 is 4.74 Å². The fourth-order valence-electron chi connectivity index (χ4n) is 3.43. The minimum atomic E-state index is -0.237. The van der Waals surface area contributed by atoms with E-state index in [-0.39, 0.29) is 17.0 Å². The Balaban J connectivity index is 2.93. The van der Waals surface area contributed by atoms with Crippen LogP contribution < -0.4 is 0 Å². The van der Waals surface area contributed by atoms with Crippen molar-refractivity contribution < 1.29 is 9.53 Å². The molecule has 0 aliphatic heterocycles. The van der Waals surface area contributed by atoms with Gasteiger partial charge in [-0.2, -0.15) is 0 Å². The molecule has 0 saturated heterocycles. The zero-order chi connectivity index (χ0) is 12.2. The second-order valence-electron chi connectivity index (χ2n) is 5.42. The maximum Gasteiger partial charge on any atom is 0.303 e. The second-order valence-corrected chi connectivity index (χ2v) is 5.42. The Labute approximate surface area is 99.8 Å². The van der Waals surface area contributed by atoms with Gasteiger partial charge in [0.25, 0.3) is 0 Å². The van der Waals surface area contributed by atoms with Gasteiger partial charge in [-0.1, -0.05) is 40.0 Å². The Morgan fingerprint density at radius 2 is 1.69 bits per heavy atom. The van der Waals surface area contributed by atoms with Crippen molar-refractivity contribution in [3.8, 4) is 0 Å². The lowest BCUT2D eigenvalue weighted by atomic mass is 9.62. The molecule has 0 bridgehead atoms. The van der Waals surface area contributed by atoms with Gasteiger partial charge in [0.15, 0.2) is 0 Å². The highest BCUT2D eigenvalue weighted by Gasteiger charge is 2.48. The molecule has 0 aromatic heterocycles. The summed E-state index contributed by atoms with van der Waals surface area (Å²) in [5.41, 5.74) is -0.0559. The van der Waals surface area contributed by atoms with E-state index in [0.29, 0.717) is 0 Å². The minimum Gasteiger partial charge on any atom is -0.459 e. The van der Waals surface area contributed by atoms with Gasteiger partial charge in [-0.15, -0.1) is 0 Å². The van der Waals surface area contributed by atoms with Gasteiger partial charge in [-0.05, 0) is 25.7 Å². The summed E-state index contributed by atoms with van der Waals surface area (Å²) >= 11 is 0. The molecule has 1 saturated carbocycles. The molecule has 1 aliphatic rings. The summed E-state index contributed by atoms with van der Waals surface area (Å²) in [7, 11) is 0. The van der Waals surface area contributed by atoms with E-state index < -0.39 is 0 Å². The fraction of sp³-hybridized carbons (Fsp3) is 0.929. The van der Waals surface area contributed by atoms with E-state index in [4.69, 9.17) is 4.74 Å². The number of carbonyl (C=O) groups is 1. The van der Waals surface area contributed by atoms with Crippen molar-refractivity contribution in [2.24, 2.45) is 5.41 Å². The number of rotatable bonds is 4. The maximum atomic E-state index is 11.3. The standard InChI is InChI=1S/C14H26O2/c1-5-14(6-2,16-12(3)15)13(4)10-8-7-9-11-13/h5-11H2,1-4H3. The van der Waals surface area contributed by atoms with Crippen molar-refractivity contribution in [1.82, 2.24) is 0 Å². The summed E-state index contributed by atoms with van der Waals surface area (Å²) in [5.74, 6) is -0.129. The Morgan fingerprint density at radius 1 is 1.19 bits per heavy atom. The highest BCUT2D eigenvalue weighted by molar-refractivity contribution is 5.66.